The van der Waals surface area contributed by atoms with Crippen LogP contribution in [0.1, 0.15) is 11.1 Å². The van der Waals surface area contributed by atoms with E-state index in [0.717, 1.165) is 20.9 Å². The predicted molar refractivity (Wildman–Crippen MR) is 198 cm³/mol. The van der Waals surface area contributed by atoms with Crippen LogP contribution in [0.25, 0.3) is 0 Å². The number of hydrogen-bond acceptors (Lipinski definition) is 16. The second kappa shape index (κ2) is 17.8. The number of imide groups is 2. The summed E-state index contributed by atoms with van der Waals surface area (Å²) in [6.45, 7) is -1.92. The second-order valence-electron chi connectivity index (χ2n) is 15.3. The number of benzene rings is 2. The summed E-state index contributed by atoms with van der Waals surface area (Å²) in [5, 5.41) is 51.8. The number of aliphatic hydroxyl groups is 5. The quantitative estimate of drug-likeness (QED) is 0.0501. The molecular formula is C40H46N4O15. The highest BCUT2D eigenvalue weighted by Gasteiger charge is 2.75. The highest BCUT2D eigenvalue weighted by atomic mass is 16.6. The maximum Gasteiger partial charge on any atom is 0.335 e. The number of nitrogens with zero attached hydrogens (tertiary/aromatic N) is 2. The van der Waals surface area contributed by atoms with Crippen molar-refractivity contribution in [3.8, 4) is 0 Å². The molecule has 19 heteroatoms. The van der Waals surface area contributed by atoms with Crippen molar-refractivity contribution in [1.29, 1.82) is 0 Å². The Morgan fingerprint density at radius 2 is 0.983 bits per heavy atom. The molecule has 4 amide bonds. The minimum atomic E-state index is -2.20. The van der Waals surface area contributed by atoms with Gasteiger partial charge in [-0.15, -0.1) is 0 Å². The third-order valence-corrected chi connectivity index (χ3v) is 11.9. The molecule has 2 aromatic rings. The van der Waals surface area contributed by atoms with Crippen LogP contribution in [0.3, 0.4) is 0 Å². The third-order valence-electron chi connectivity index (χ3n) is 11.9. The first-order valence-electron chi connectivity index (χ1n) is 19.0. The van der Waals surface area contributed by atoms with Gasteiger partial charge in [-0.1, -0.05) is 72.8 Å². The van der Waals surface area contributed by atoms with Gasteiger partial charge in [-0.2, -0.15) is 0 Å². The lowest BCUT2D eigenvalue weighted by atomic mass is 9.40. The Kier molecular flexibility index (Phi) is 13.1. The van der Waals surface area contributed by atoms with Crippen molar-refractivity contribution in [2.75, 3.05) is 20.1 Å². The largest absolute Gasteiger partial charge is 0.479 e. The average Bonchev–Trinajstić information content (AvgIpc) is 3.60. The molecule has 0 radical (unpaired) electrons. The number of likely N-dealkylation sites (tertiary alicyclic amines) is 2. The molecule has 6 aliphatic rings. The van der Waals surface area contributed by atoms with Gasteiger partial charge >= 0.3 is 17.9 Å². The summed E-state index contributed by atoms with van der Waals surface area (Å²) >= 11 is 0. The fourth-order valence-corrected chi connectivity index (χ4v) is 9.02. The van der Waals surface area contributed by atoms with E-state index in [9.17, 15) is 33.6 Å². The van der Waals surface area contributed by atoms with Crippen molar-refractivity contribution in [2.45, 2.75) is 49.3 Å². The molecular weight excluding hydrogens is 776 g/mol. The van der Waals surface area contributed by atoms with Gasteiger partial charge in [-0.25, -0.2) is 14.6 Å². The number of esters is 2. The molecule has 0 aromatic heterocycles. The maximum atomic E-state index is 13.6. The van der Waals surface area contributed by atoms with Crippen LogP contribution in [0.15, 0.2) is 72.8 Å². The number of hydrogen-bond donors (Lipinski definition) is 8. The zero-order chi connectivity index (χ0) is 42.9. The number of fused-ring (bicyclic) bond motifs is 1. The Hall–Kier alpha value is -5.41. The number of carboxylic acids is 1. The number of allylic oxidation sites excluding steroid dienone is 2. The number of amides is 4. The molecule has 316 valence electrons. The fraction of sp³-hybridized carbons (Fsp3) is 0.475. The summed E-state index contributed by atoms with van der Waals surface area (Å²) < 4.78 is 10.6. The second-order valence-corrected chi connectivity index (χ2v) is 15.3. The van der Waals surface area contributed by atoms with Crippen LogP contribution in [0, 0.1) is 47.3 Å². The lowest BCUT2D eigenvalue weighted by Crippen LogP contribution is -2.63. The van der Waals surface area contributed by atoms with E-state index in [0.29, 0.717) is 0 Å². The highest BCUT2D eigenvalue weighted by Crippen LogP contribution is 2.68. The maximum absolute atomic E-state index is 13.6. The highest BCUT2D eigenvalue weighted by molar-refractivity contribution is 6.09. The van der Waals surface area contributed by atoms with Gasteiger partial charge in [0.25, 0.3) is 0 Å². The van der Waals surface area contributed by atoms with Crippen LogP contribution in [0.5, 0.6) is 0 Å². The summed E-state index contributed by atoms with van der Waals surface area (Å²) in [6.07, 6.45) is -3.60. The monoisotopic (exact) mass is 822 g/mol. The van der Waals surface area contributed by atoms with Crippen LogP contribution in [-0.4, -0.2) is 139 Å². The number of carbonyl (C=O) groups is 7. The van der Waals surface area contributed by atoms with Crippen molar-refractivity contribution in [2.24, 2.45) is 58.8 Å². The van der Waals surface area contributed by atoms with E-state index in [1.165, 1.54) is 0 Å². The molecule has 2 aliphatic heterocycles. The molecule has 2 saturated heterocycles. The van der Waals surface area contributed by atoms with E-state index >= 15 is 0 Å². The smallest absolute Gasteiger partial charge is 0.335 e. The van der Waals surface area contributed by atoms with Gasteiger partial charge in [-0.05, 0) is 47.6 Å². The number of carbonyl (C=O) groups excluding carboxylic acids is 6. The molecule has 2 aromatic carbocycles. The number of nitrogens with two attached hydrogens (primary N) is 2. The van der Waals surface area contributed by atoms with Gasteiger partial charge in [0.1, 0.15) is 30.4 Å². The summed E-state index contributed by atoms with van der Waals surface area (Å²) in [6, 6.07) is 16.4. The van der Waals surface area contributed by atoms with Crippen molar-refractivity contribution >= 4 is 41.5 Å². The van der Waals surface area contributed by atoms with E-state index in [4.69, 9.17) is 51.6 Å². The van der Waals surface area contributed by atoms with E-state index < -0.39 is 134 Å². The summed E-state index contributed by atoms with van der Waals surface area (Å²) in [5.74, 6) is -9.26. The van der Waals surface area contributed by atoms with Gasteiger partial charge in [0.15, 0.2) is 19.6 Å². The lowest BCUT2D eigenvalue weighted by molar-refractivity contribution is -0.166. The summed E-state index contributed by atoms with van der Waals surface area (Å²) in [5.41, 5.74) is 13.7. The van der Waals surface area contributed by atoms with Crippen LogP contribution >= 0.6 is 0 Å². The number of aliphatic hydroxyl groups excluding tert-OH is 5. The van der Waals surface area contributed by atoms with Gasteiger partial charge in [-0.3, -0.25) is 28.8 Å². The van der Waals surface area contributed by atoms with Gasteiger partial charge in [0, 0.05) is 0 Å². The van der Waals surface area contributed by atoms with Gasteiger partial charge in [0.2, 0.25) is 23.6 Å². The first-order chi connectivity index (χ1) is 28.1. The molecule has 10 N–H and O–H groups in total. The SMILES string of the molecule is NC(Cc1ccccc1)C(=O)OCN1C(=O)C2C3C=CC(C2C1=O)C1C2C(=O)N(COC(=O)C(N)Cc4ccccc4)C(=O)C2C31.O=C(O)C(O)C(O)C(O)C(O)CO. The normalized spacial score (nSPS) is 29.1. The predicted octanol–water partition coefficient (Wildman–Crippen LogP) is -3.10. The molecule has 14 atom stereocenters. The van der Waals surface area contributed by atoms with Crippen molar-refractivity contribution in [3.05, 3.63) is 83.9 Å². The van der Waals surface area contributed by atoms with E-state index in [1.54, 1.807) is 0 Å². The summed E-state index contributed by atoms with van der Waals surface area (Å²) in [4.78, 5) is 91.3. The van der Waals surface area contributed by atoms with E-state index in [1.807, 2.05) is 72.8 Å². The molecule has 0 spiro atoms. The van der Waals surface area contributed by atoms with Crippen molar-refractivity contribution in [3.63, 3.8) is 0 Å². The Balaban J connectivity index is 0.000000390. The molecule has 8 rings (SSSR count). The molecule has 2 heterocycles. The van der Waals surface area contributed by atoms with E-state index in [-0.39, 0.29) is 24.7 Å². The minimum Gasteiger partial charge on any atom is -0.479 e. The Morgan fingerprint density at radius 1 is 0.610 bits per heavy atom. The minimum absolute atomic E-state index is 0.242. The van der Waals surface area contributed by atoms with Crippen LogP contribution in [0.2, 0.25) is 0 Å². The zero-order valence-corrected chi connectivity index (χ0v) is 31.5. The third kappa shape index (κ3) is 8.27. The van der Waals surface area contributed by atoms with E-state index in [2.05, 4.69) is 0 Å². The summed E-state index contributed by atoms with van der Waals surface area (Å²) in [7, 11) is 0. The number of carboxylic acid groups (broad SMARTS) is 1. The topological polar surface area (TPSA) is 318 Å². The van der Waals surface area contributed by atoms with Crippen molar-refractivity contribution in [1.82, 2.24) is 9.80 Å². The first kappa shape index (κ1) is 43.2. The average molecular weight is 823 g/mol. The molecule has 2 saturated carbocycles. The number of rotatable bonds is 15. The van der Waals surface area contributed by atoms with Gasteiger partial charge < -0.3 is 51.6 Å². The Bertz CT molecular complexity index is 1910. The van der Waals surface area contributed by atoms with Crippen LogP contribution in [-0.2, 0) is 55.9 Å². The molecule has 59 heavy (non-hydrogen) atoms. The first-order valence-corrected chi connectivity index (χ1v) is 19.0. The lowest BCUT2D eigenvalue weighted by Gasteiger charge is -2.60. The molecule has 19 nitrogen and oxygen atoms in total. The van der Waals surface area contributed by atoms with Crippen molar-refractivity contribution < 1.29 is 73.7 Å². The molecule has 2 bridgehead atoms. The number of aliphatic carboxylic acids is 1. The molecule has 4 fully saturated rings. The Morgan fingerprint density at radius 3 is 1.34 bits per heavy atom. The van der Waals surface area contributed by atoms with Crippen LogP contribution in [0.4, 0.5) is 0 Å². The number of ether oxygens (including phenoxy) is 2. The Labute approximate surface area is 336 Å². The van der Waals surface area contributed by atoms with Gasteiger partial charge in [0.05, 0.1) is 30.3 Å². The standard InChI is InChI=1S/C34H34N4O8.C6H12O7/c35-21(13-17-7-3-1-4-8-17)33(43)45-15-37-29(39)25-19-11-12-20(26(25)30(37)40)24-23(19)27-28(24)32(42)38(31(27)41)16-46-34(44)22(36)14-18-9-5-2-6-10-18;7-1-2(8)3(9)4(10)5(11)6(12)13/h1-12,19-28H,13-16,35-36H2;2-5,7-11H,1H2,(H,12,13). The molecule has 4 aliphatic carbocycles. The zero-order valence-electron chi connectivity index (χ0n) is 31.5. The molecule has 14 unspecified atom stereocenters. The fourth-order valence-electron chi connectivity index (χ4n) is 9.02. The van der Waals surface area contributed by atoms with Crippen LogP contribution < -0.4 is 11.5 Å².